The number of anilines is 3. The zero-order valence-electron chi connectivity index (χ0n) is 19.1. The molecule has 0 aliphatic rings. The van der Waals surface area contributed by atoms with Crippen molar-refractivity contribution in [2.45, 2.75) is 13.8 Å². The minimum Gasteiger partial charge on any atom is -0.367 e. The van der Waals surface area contributed by atoms with Gasteiger partial charge >= 0.3 is 0 Å². The summed E-state index contributed by atoms with van der Waals surface area (Å²) < 4.78 is 3.74. The van der Waals surface area contributed by atoms with E-state index < -0.39 is 0 Å². The molecule has 0 aliphatic heterocycles. The van der Waals surface area contributed by atoms with Crippen LogP contribution in [0.1, 0.15) is 13.8 Å². The molecule has 10 heteroatoms. The fraction of sp³-hybridized carbons (Fsp3) is 0.208. The number of rotatable bonds is 7. The molecule has 10 nitrogen and oxygen atoms in total. The van der Waals surface area contributed by atoms with Gasteiger partial charge in [-0.05, 0) is 32.0 Å². The summed E-state index contributed by atoms with van der Waals surface area (Å²) in [7, 11) is 1.99. The van der Waals surface area contributed by atoms with Crippen LogP contribution in [0.4, 0.5) is 23.0 Å². The van der Waals surface area contributed by atoms with E-state index in [1.165, 1.54) is 6.07 Å². The highest BCUT2D eigenvalue weighted by atomic mass is 16.6. The molecule has 0 aliphatic carbocycles. The molecule has 3 aromatic heterocycles. The van der Waals surface area contributed by atoms with E-state index in [9.17, 15) is 10.1 Å². The topological polar surface area (TPSA) is 106 Å². The summed E-state index contributed by atoms with van der Waals surface area (Å²) >= 11 is 0. The molecule has 0 saturated heterocycles. The second kappa shape index (κ2) is 8.47. The molecule has 5 rings (SSSR count). The molecular weight excluding hydrogens is 432 g/mol. The Labute approximate surface area is 195 Å². The lowest BCUT2D eigenvalue weighted by Crippen LogP contribution is -2.22. The quantitative estimate of drug-likeness (QED) is 0.277. The zero-order valence-corrected chi connectivity index (χ0v) is 19.1. The molecular formula is C24H24N8O2. The van der Waals surface area contributed by atoms with Gasteiger partial charge in [-0.3, -0.25) is 10.1 Å². The maximum Gasteiger partial charge on any atom is 0.294 e. The van der Waals surface area contributed by atoms with Gasteiger partial charge in [-0.2, -0.15) is 19.6 Å². The van der Waals surface area contributed by atoms with Gasteiger partial charge in [0.2, 0.25) is 5.95 Å². The highest BCUT2D eigenvalue weighted by Gasteiger charge is 2.20. The number of hydrogen-bond donors (Lipinski definition) is 1. The van der Waals surface area contributed by atoms with Gasteiger partial charge in [0.05, 0.1) is 11.1 Å². The van der Waals surface area contributed by atoms with Crippen molar-refractivity contribution < 1.29 is 4.92 Å². The van der Waals surface area contributed by atoms with Crippen molar-refractivity contribution in [2.75, 3.05) is 23.3 Å². The summed E-state index contributed by atoms with van der Waals surface area (Å²) in [5.41, 5.74) is 3.77. The first-order valence-electron chi connectivity index (χ1n) is 11.1. The first-order chi connectivity index (χ1) is 16.5. The number of hydrogen-bond acceptors (Lipinski definition) is 7. The van der Waals surface area contributed by atoms with Crippen LogP contribution in [0.15, 0.2) is 60.9 Å². The lowest BCUT2D eigenvalue weighted by molar-refractivity contribution is -0.384. The summed E-state index contributed by atoms with van der Waals surface area (Å²) in [6.45, 7) is 5.31. The van der Waals surface area contributed by atoms with Crippen LogP contribution in [0.2, 0.25) is 0 Å². The van der Waals surface area contributed by atoms with E-state index in [-0.39, 0.29) is 10.6 Å². The molecule has 0 spiro atoms. The van der Waals surface area contributed by atoms with Gasteiger partial charge < -0.3 is 14.8 Å². The predicted octanol–water partition coefficient (Wildman–Crippen LogP) is 4.78. The smallest absolute Gasteiger partial charge is 0.294 e. The Morgan fingerprint density at radius 2 is 1.88 bits per heavy atom. The molecule has 0 bridgehead atoms. The third-order valence-electron chi connectivity index (χ3n) is 5.93. The second-order valence-electron chi connectivity index (χ2n) is 7.90. The van der Waals surface area contributed by atoms with Crippen LogP contribution in [0.3, 0.4) is 0 Å². The molecule has 0 radical (unpaired) electrons. The highest BCUT2D eigenvalue weighted by molar-refractivity contribution is 5.94. The third kappa shape index (κ3) is 3.58. The Morgan fingerprint density at radius 1 is 1.09 bits per heavy atom. The van der Waals surface area contributed by atoms with Gasteiger partial charge in [-0.1, -0.05) is 18.2 Å². The normalized spacial score (nSPS) is 11.3. The molecule has 1 N–H and O–H groups in total. The average Bonchev–Trinajstić information content (AvgIpc) is 3.45. The summed E-state index contributed by atoms with van der Waals surface area (Å²) in [5.74, 6) is 0.962. The Kier molecular flexibility index (Phi) is 5.33. The maximum absolute atomic E-state index is 11.8. The van der Waals surface area contributed by atoms with Gasteiger partial charge in [0.1, 0.15) is 5.69 Å². The van der Waals surface area contributed by atoms with Crippen molar-refractivity contribution in [1.82, 2.24) is 24.1 Å². The first kappa shape index (κ1) is 21.4. The van der Waals surface area contributed by atoms with Gasteiger partial charge in [-0.25, -0.2) is 0 Å². The fourth-order valence-electron chi connectivity index (χ4n) is 4.28. The monoisotopic (exact) mass is 456 g/mol. The number of fused-ring (bicyclic) bond motifs is 2. The van der Waals surface area contributed by atoms with Gasteiger partial charge in [-0.15, -0.1) is 0 Å². The summed E-state index contributed by atoms with van der Waals surface area (Å²) in [6.07, 6.45) is 3.69. The van der Waals surface area contributed by atoms with Crippen molar-refractivity contribution in [3.05, 3.63) is 71.0 Å². The fourth-order valence-corrected chi connectivity index (χ4v) is 4.28. The van der Waals surface area contributed by atoms with Crippen LogP contribution in [-0.2, 0) is 7.05 Å². The van der Waals surface area contributed by atoms with Crippen molar-refractivity contribution in [3.8, 4) is 11.4 Å². The van der Waals surface area contributed by atoms with E-state index in [1.807, 2.05) is 60.8 Å². The van der Waals surface area contributed by atoms with E-state index in [1.54, 1.807) is 22.8 Å². The van der Waals surface area contributed by atoms with E-state index >= 15 is 0 Å². The van der Waals surface area contributed by atoms with Crippen LogP contribution in [0.25, 0.3) is 27.9 Å². The number of benzene rings is 2. The van der Waals surface area contributed by atoms with Gasteiger partial charge in [0.25, 0.3) is 5.69 Å². The number of nitro benzene ring substituents is 1. The summed E-state index contributed by atoms with van der Waals surface area (Å²) in [5, 5.41) is 20.4. The van der Waals surface area contributed by atoms with E-state index in [4.69, 9.17) is 4.98 Å². The molecule has 34 heavy (non-hydrogen) atoms. The van der Waals surface area contributed by atoms with E-state index in [0.29, 0.717) is 41.9 Å². The van der Waals surface area contributed by atoms with Crippen LogP contribution in [0, 0.1) is 10.1 Å². The van der Waals surface area contributed by atoms with Crippen molar-refractivity contribution in [2.24, 2.45) is 7.05 Å². The molecule has 0 saturated carbocycles. The summed E-state index contributed by atoms with van der Waals surface area (Å²) in [4.78, 5) is 22.7. The standard InChI is InChI=1S/C24H24N8O2/c1-4-30(5-2)20-11-10-16(14-21(20)32(33)34)26-24-27-22-12-13-25-31(22)23(28-24)18-15-29(3)19-9-7-6-8-17(18)19/h6-15H,4-5H2,1-3H3,(H,26,27). The Bertz CT molecular complexity index is 1520. The minimum atomic E-state index is -0.360. The van der Waals surface area contributed by atoms with E-state index in [0.717, 1.165) is 16.5 Å². The Morgan fingerprint density at radius 3 is 2.65 bits per heavy atom. The molecule has 0 unspecified atom stereocenters. The van der Waals surface area contributed by atoms with Crippen LogP contribution >= 0.6 is 0 Å². The third-order valence-corrected chi connectivity index (χ3v) is 5.93. The predicted molar refractivity (Wildman–Crippen MR) is 133 cm³/mol. The van der Waals surface area contributed by atoms with Crippen LogP contribution in [-0.4, -0.2) is 42.2 Å². The molecule has 3 heterocycles. The molecule has 2 aromatic carbocycles. The molecule has 0 amide bonds. The molecule has 0 fully saturated rings. The number of nitro groups is 1. The minimum absolute atomic E-state index is 0.0356. The van der Waals surface area contributed by atoms with Gasteiger partial charge in [0, 0.05) is 60.6 Å². The lowest BCUT2D eigenvalue weighted by Gasteiger charge is -2.21. The van der Waals surface area contributed by atoms with Crippen molar-refractivity contribution in [3.63, 3.8) is 0 Å². The summed E-state index contributed by atoms with van der Waals surface area (Å²) in [6, 6.07) is 15.0. The zero-order chi connectivity index (χ0) is 23.8. The maximum atomic E-state index is 11.8. The van der Waals surface area contributed by atoms with E-state index in [2.05, 4.69) is 21.5 Å². The lowest BCUT2D eigenvalue weighted by atomic mass is 10.1. The number of para-hydroxylation sites is 1. The average molecular weight is 457 g/mol. The number of nitrogens with zero attached hydrogens (tertiary/aromatic N) is 7. The van der Waals surface area contributed by atoms with Gasteiger partial charge in [0.15, 0.2) is 11.5 Å². The van der Waals surface area contributed by atoms with Crippen molar-refractivity contribution >= 4 is 39.6 Å². The number of nitrogens with one attached hydrogen (secondary N) is 1. The van der Waals surface area contributed by atoms with Crippen molar-refractivity contribution in [1.29, 1.82) is 0 Å². The SMILES string of the molecule is CCN(CC)c1ccc(Nc2nc(-c3cn(C)c4ccccc34)n3nccc3n2)cc1[N+](=O)[O-]. The highest BCUT2D eigenvalue weighted by Crippen LogP contribution is 2.33. The first-order valence-corrected chi connectivity index (χ1v) is 11.1. The van der Waals surface area contributed by atoms with Crippen LogP contribution in [0.5, 0.6) is 0 Å². The molecule has 5 aromatic rings. The number of aryl methyl sites for hydroxylation is 1. The molecule has 0 atom stereocenters. The largest absolute Gasteiger partial charge is 0.367 e. The second-order valence-corrected chi connectivity index (χ2v) is 7.90. The Balaban J connectivity index is 1.60. The number of aromatic nitrogens is 5. The molecule has 172 valence electrons. The Hall–Kier alpha value is -4.47. The van der Waals surface area contributed by atoms with Crippen LogP contribution < -0.4 is 10.2 Å².